The highest BCUT2D eigenvalue weighted by Gasteiger charge is 2.28. The zero-order valence-electron chi connectivity index (χ0n) is 19.9. The Morgan fingerprint density at radius 3 is 2.17 bits per heavy atom. The molecule has 0 radical (unpaired) electrons. The molecule has 1 aliphatic rings. The Kier molecular flexibility index (Phi) is 8.25. The molecule has 0 bridgehead atoms. The summed E-state index contributed by atoms with van der Waals surface area (Å²) in [6, 6.07) is 19.1. The molecule has 0 spiro atoms. The largest absolute Gasteiger partial charge is 0.367 e. The molecule has 9 heteroatoms. The van der Waals surface area contributed by atoms with E-state index < -0.39 is 27.8 Å². The fourth-order valence-corrected chi connectivity index (χ4v) is 5.61. The van der Waals surface area contributed by atoms with Crippen molar-refractivity contribution >= 4 is 15.8 Å². The fraction of sp³-hybridized carbons (Fsp3) is 0.296. The van der Waals surface area contributed by atoms with E-state index in [1.165, 1.54) is 41.6 Å². The highest BCUT2D eigenvalue weighted by atomic mass is 32.2. The first kappa shape index (κ1) is 26.1. The number of carbonyl (C=O) groups is 1. The van der Waals surface area contributed by atoms with E-state index in [0.717, 1.165) is 17.7 Å². The van der Waals surface area contributed by atoms with Crippen molar-refractivity contribution in [3.8, 4) is 0 Å². The van der Waals surface area contributed by atoms with Crippen LogP contribution < -0.4 is 0 Å². The maximum absolute atomic E-state index is 13.9. The van der Waals surface area contributed by atoms with Gasteiger partial charge in [0.05, 0.1) is 11.5 Å². The van der Waals surface area contributed by atoms with Gasteiger partial charge in [-0.05, 0) is 42.3 Å². The van der Waals surface area contributed by atoms with Crippen LogP contribution in [0.1, 0.15) is 34.5 Å². The minimum Gasteiger partial charge on any atom is -0.367 e. The molecule has 36 heavy (non-hydrogen) atoms. The summed E-state index contributed by atoms with van der Waals surface area (Å²) in [5.41, 5.74) is 1.82. The maximum atomic E-state index is 13.9. The van der Waals surface area contributed by atoms with Crippen molar-refractivity contribution in [3.05, 3.63) is 101 Å². The van der Waals surface area contributed by atoms with Crippen LogP contribution in [0.25, 0.3) is 0 Å². The van der Waals surface area contributed by atoms with Gasteiger partial charge in [-0.3, -0.25) is 9.69 Å². The van der Waals surface area contributed by atoms with Crippen LogP contribution in [0.2, 0.25) is 0 Å². The summed E-state index contributed by atoms with van der Waals surface area (Å²) in [5.74, 6) is -1.95. The smallest absolute Gasteiger partial charge is 0.243 e. The number of ketones is 1. The topological polar surface area (TPSA) is 66.9 Å². The van der Waals surface area contributed by atoms with Crippen LogP contribution in [0.5, 0.6) is 0 Å². The van der Waals surface area contributed by atoms with E-state index in [4.69, 9.17) is 4.74 Å². The van der Waals surface area contributed by atoms with Crippen LogP contribution >= 0.6 is 0 Å². The third-order valence-corrected chi connectivity index (χ3v) is 8.18. The van der Waals surface area contributed by atoms with Gasteiger partial charge in [0.1, 0.15) is 6.10 Å². The second-order valence-electron chi connectivity index (χ2n) is 8.66. The third-order valence-electron chi connectivity index (χ3n) is 6.27. The third kappa shape index (κ3) is 6.04. The molecular formula is C27H28F2N2O4S. The van der Waals surface area contributed by atoms with Crippen molar-refractivity contribution in [2.45, 2.75) is 17.9 Å². The predicted molar refractivity (Wildman–Crippen MR) is 132 cm³/mol. The molecule has 1 aliphatic heterocycles. The van der Waals surface area contributed by atoms with E-state index in [-0.39, 0.29) is 10.7 Å². The van der Waals surface area contributed by atoms with Crippen molar-refractivity contribution in [2.24, 2.45) is 0 Å². The molecule has 6 nitrogen and oxygen atoms in total. The Morgan fingerprint density at radius 2 is 1.56 bits per heavy atom. The zero-order valence-corrected chi connectivity index (χ0v) is 20.8. The summed E-state index contributed by atoms with van der Waals surface area (Å²) in [6.45, 7) is 4.08. The number of Topliss-reactive ketones (excluding diaryl/α,β-unsaturated/α-hetero) is 1. The van der Waals surface area contributed by atoms with E-state index in [2.05, 4.69) is 4.90 Å². The molecule has 1 saturated heterocycles. The van der Waals surface area contributed by atoms with Crippen molar-refractivity contribution < 1.29 is 26.7 Å². The zero-order chi connectivity index (χ0) is 25.7. The van der Waals surface area contributed by atoms with Gasteiger partial charge in [0.15, 0.2) is 17.4 Å². The van der Waals surface area contributed by atoms with Gasteiger partial charge in [0.25, 0.3) is 0 Å². The Bertz CT molecular complexity index is 1290. The Balaban J connectivity index is 1.34. The van der Waals surface area contributed by atoms with Crippen LogP contribution in [0, 0.1) is 11.6 Å². The van der Waals surface area contributed by atoms with E-state index in [1.807, 2.05) is 30.3 Å². The average Bonchev–Trinajstić information content (AvgIpc) is 2.89. The normalized spacial score (nSPS) is 16.1. The first-order valence-electron chi connectivity index (χ1n) is 11.7. The van der Waals surface area contributed by atoms with Crippen molar-refractivity contribution in [3.63, 3.8) is 0 Å². The summed E-state index contributed by atoms with van der Waals surface area (Å²) in [5, 5.41) is 0. The highest BCUT2D eigenvalue weighted by Crippen LogP contribution is 2.27. The van der Waals surface area contributed by atoms with Crippen molar-refractivity contribution in [2.75, 3.05) is 39.3 Å². The Labute approximate surface area is 210 Å². The molecule has 1 unspecified atom stereocenters. The first-order valence-corrected chi connectivity index (χ1v) is 13.1. The van der Waals surface area contributed by atoms with Crippen molar-refractivity contribution in [1.82, 2.24) is 9.21 Å². The lowest BCUT2D eigenvalue weighted by Crippen LogP contribution is -2.49. The molecule has 1 atom stereocenters. The van der Waals surface area contributed by atoms with Gasteiger partial charge in [-0.25, -0.2) is 17.2 Å². The number of rotatable bonds is 9. The Morgan fingerprint density at radius 1 is 0.889 bits per heavy atom. The summed E-state index contributed by atoms with van der Waals surface area (Å²) < 4.78 is 60.9. The number of hydrogen-bond acceptors (Lipinski definition) is 5. The monoisotopic (exact) mass is 514 g/mol. The van der Waals surface area contributed by atoms with Gasteiger partial charge in [0.2, 0.25) is 10.0 Å². The number of piperazine rings is 1. The number of benzene rings is 3. The second kappa shape index (κ2) is 11.4. The molecule has 0 N–H and O–H groups in total. The van der Waals surface area contributed by atoms with Crippen LogP contribution in [0.4, 0.5) is 8.78 Å². The molecule has 3 aromatic rings. The molecule has 1 fully saturated rings. The van der Waals surface area contributed by atoms with E-state index >= 15 is 0 Å². The number of carbonyl (C=O) groups excluding carboxylic acids is 1. The number of ether oxygens (including phenoxy) is 1. The molecule has 0 aliphatic carbocycles. The molecule has 190 valence electrons. The maximum Gasteiger partial charge on any atom is 0.243 e. The van der Waals surface area contributed by atoms with Gasteiger partial charge < -0.3 is 4.74 Å². The molecule has 0 aromatic heterocycles. The van der Waals surface area contributed by atoms with Gasteiger partial charge >= 0.3 is 0 Å². The summed E-state index contributed by atoms with van der Waals surface area (Å²) in [6.07, 6.45) is -0.555. The van der Waals surface area contributed by atoms with E-state index in [0.29, 0.717) is 50.5 Å². The lowest BCUT2D eigenvalue weighted by molar-refractivity contribution is 0.0525. The van der Waals surface area contributed by atoms with Crippen LogP contribution in [0.3, 0.4) is 0 Å². The van der Waals surface area contributed by atoms with E-state index in [1.54, 1.807) is 0 Å². The fourth-order valence-electron chi connectivity index (χ4n) is 4.19. The lowest BCUT2D eigenvalue weighted by Gasteiger charge is -2.34. The van der Waals surface area contributed by atoms with Gasteiger partial charge in [-0.1, -0.05) is 48.5 Å². The second-order valence-corrected chi connectivity index (χ2v) is 10.6. The SMILES string of the molecule is CC(=O)c1ccc(S(=O)(=O)N2CCN(CCOC(c3ccccc3)c3ccc(F)c(F)c3)CC2)cc1. The number of sulfonamides is 1. The number of halogens is 2. The summed E-state index contributed by atoms with van der Waals surface area (Å²) >= 11 is 0. The molecule has 0 amide bonds. The van der Waals surface area contributed by atoms with E-state index in [9.17, 15) is 22.0 Å². The summed E-state index contributed by atoms with van der Waals surface area (Å²) in [4.78, 5) is 13.7. The standard InChI is InChI=1S/C27H28F2N2O4S/c1-20(32)21-7-10-24(11-8-21)36(33,34)31-15-13-30(14-16-31)17-18-35-27(22-5-3-2-4-6-22)23-9-12-25(28)26(29)19-23/h2-12,19,27H,13-18H2,1H3. The van der Waals surface area contributed by atoms with Gasteiger partial charge in [-0.15, -0.1) is 0 Å². The Hall–Kier alpha value is -2.98. The highest BCUT2D eigenvalue weighted by molar-refractivity contribution is 7.89. The van der Waals surface area contributed by atoms with Crippen LogP contribution in [-0.4, -0.2) is 62.7 Å². The average molecular weight is 515 g/mol. The number of hydrogen-bond donors (Lipinski definition) is 0. The first-order chi connectivity index (χ1) is 17.3. The van der Waals surface area contributed by atoms with Crippen molar-refractivity contribution in [1.29, 1.82) is 0 Å². The van der Waals surface area contributed by atoms with Gasteiger partial charge in [0, 0.05) is 38.3 Å². The molecular weight excluding hydrogens is 486 g/mol. The van der Waals surface area contributed by atoms with Crippen LogP contribution in [0.15, 0.2) is 77.7 Å². The summed E-state index contributed by atoms with van der Waals surface area (Å²) in [7, 11) is -3.64. The minimum atomic E-state index is -3.64. The predicted octanol–water partition coefficient (Wildman–Crippen LogP) is 4.28. The lowest BCUT2D eigenvalue weighted by atomic mass is 10.0. The van der Waals surface area contributed by atoms with Crippen LogP contribution in [-0.2, 0) is 14.8 Å². The van der Waals surface area contributed by atoms with Gasteiger partial charge in [-0.2, -0.15) is 4.31 Å². The molecule has 4 rings (SSSR count). The minimum absolute atomic E-state index is 0.117. The quantitative estimate of drug-likeness (QED) is 0.399. The molecule has 3 aromatic carbocycles. The molecule has 0 saturated carbocycles. The molecule has 1 heterocycles. The number of nitrogens with zero attached hydrogens (tertiary/aromatic N) is 2.